The van der Waals surface area contributed by atoms with E-state index in [-0.39, 0.29) is 29.8 Å². The second-order valence-corrected chi connectivity index (χ2v) is 8.78. The van der Waals surface area contributed by atoms with Gasteiger partial charge in [0.15, 0.2) is 6.29 Å². The predicted molar refractivity (Wildman–Crippen MR) is 108 cm³/mol. The molecule has 2 heterocycles. The Kier molecular flexibility index (Phi) is 5.94. The molecule has 6 nitrogen and oxygen atoms in total. The molecule has 2 fully saturated rings. The first-order valence-electron chi connectivity index (χ1n) is 9.95. The van der Waals surface area contributed by atoms with Gasteiger partial charge in [-0.05, 0) is 36.8 Å². The molecule has 28 heavy (non-hydrogen) atoms. The molecule has 2 atom stereocenters. The molecule has 0 saturated carbocycles. The SMILES string of the molecule is COC(OC)[C@@H]1CSCN1C(=O)[C@@H]1CCCN1C(=O)C1Cc2ccccc2C1. The summed E-state index contributed by atoms with van der Waals surface area (Å²) >= 11 is 1.70. The van der Waals surface area contributed by atoms with Gasteiger partial charge in [-0.15, -0.1) is 11.8 Å². The predicted octanol–water partition coefficient (Wildman–Crippen LogP) is 1.91. The molecule has 0 aromatic heterocycles. The van der Waals surface area contributed by atoms with Crippen LogP contribution in [-0.4, -0.2) is 72.4 Å². The number of likely N-dealkylation sites (tertiary alicyclic amines) is 1. The maximum Gasteiger partial charge on any atom is 0.246 e. The van der Waals surface area contributed by atoms with E-state index in [0.717, 1.165) is 31.4 Å². The zero-order valence-electron chi connectivity index (χ0n) is 16.5. The molecular formula is C21H28N2O4S. The molecule has 3 aliphatic rings. The molecular weight excluding hydrogens is 376 g/mol. The largest absolute Gasteiger partial charge is 0.354 e. The van der Waals surface area contributed by atoms with Crippen LogP contribution in [0, 0.1) is 5.92 Å². The molecule has 0 bridgehead atoms. The number of rotatable bonds is 5. The van der Waals surface area contributed by atoms with E-state index in [1.807, 2.05) is 21.9 Å². The molecule has 0 radical (unpaired) electrons. The van der Waals surface area contributed by atoms with Crippen molar-refractivity contribution in [3.05, 3.63) is 35.4 Å². The molecule has 2 amide bonds. The van der Waals surface area contributed by atoms with Gasteiger partial charge in [-0.25, -0.2) is 0 Å². The van der Waals surface area contributed by atoms with Gasteiger partial charge < -0.3 is 19.3 Å². The maximum atomic E-state index is 13.3. The maximum absolute atomic E-state index is 13.3. The zero-order valence-corrected chi connectivity index (χ0v) is 17.3. The van der Waals surface area contributed by atoms with Gasteiger partial charge in [-0.2, -0.15) is 0 Å². The molecule has 1 aromatic carbocycles. The number of methoxy groups -OCH3 is 2. The van der Waals surface area contributed by atoms with Crippen LogP contribution >= 0.6 is 11.8 Å². The fourth-order valence-corrected chi connectivity index (χ4v) is 5.97. The summed E-state index contributed by atoms with van der Waals surface area (Å²) < 4.78 is 10.8. The Labute approximate surface area is 170 Å². The molecule has 1 aromatic rings. The fraction of sp³-hybridized carbons (Fsp3) is 0.619. The first kappa shape index (κ1) is 19.7. The van der Waals surface area contributed by atoms with Crippen molar-refractivity contribution in [2.24, 2.45) is 5.92 Å². The highest BCUT2D eigenvalue weighted by molar-refractivity contribution is 7.99. The van der Waals surface area contributed by atoms with Crippen LogP contribution in [0.2, 0.25) is 0 Å². The first-order chi connectivity index (χ1) is 13.6. The monoisotopic (exact) mass is 404 g/mol. The van der Waals surface area contributed by atoms with Crippen molar-refractivity contribution in [1.82, 2.24) is 9.80 Å². The summed E-state index contributed by atoms with van der Waals surface area (Å²) in [5, 5.41) is 0. The zero-order chi connectivity index (χ0) is 19.7. The number of fused-ring (bicyclic) bond motifs is 1. The number of carbonyl (C=O) groups is 2. The van der Waals surface area contributed by atoms with Crippen molar-refractivity contribution in [2.75, 3.05) is 32.4 Å². The van der Waals surface area contributed by atoms with E-state index >= 15 is 0 Å². The van der Waals surface area contributed by atoms with E-state index < -0.39 is 6.29 Å². The van der Waals surface area contributed by atoms with Crippen LogP contribution in [-0.2, 0) is 31.9 Å². The highest BCUT2D eigenvalue weighted by atomic mass is 32.2. The van der Waals surface area contributed by atoms with Crippen molar-refractivity contribution in [3.8, 4) is 0 Å². The fourth-order valence-electron chi connectivity index (χ4n) is 4.77. The van der Waals surface area contributed by atoms with Crippen molar-refractivity contribution in [1.29, 1.82) is 0 Å². The number of hydrogen-bond donors (Lipinski definition) is 0. The Bertz CT molecular complexity index is 714. The number of carbonyl (C=O) groups excluding carboxylic acids is 2. The molecule has 2 aliphatic heterocycles. The molecule has 0 unspecified atom stereocenters. The van der Waals surface area contributed by atoms with Gasteiger partial charge in [-0.1, -0.05) is 24.3 Å². The van der Waals surface area contributed by atoms with Gasteiger partial charge in [0, 0.05) is 32.4 Å². The number of benzene rings is 1. The third-order valence-electron chi connectivity index (χ3n) is 6.20. The second kappa shape index (κ2) is 8.43. The van der Waals surface area contributed by atoms with Crippen LogP contribution in [0.1, 0.15) is 24.0 Å². The summed E-state index contributed by atoms with van der Waals surface area (Å²) in [5.41, 5.74) is 2.53. The molecule has 4 rings (SSSR count). The van der Waals surface area contributed by atoms with Crippen molar-refractivity contribution in [3.63, 3.8) is 0 Å². The lowest BCUT2D eigenvalue weighted by Crippen LogP contribution is -2.53. The minimum absolute atomic E-state index is 0.0375. The van der Waals surface area contributed by atoms with Gasteiger partial charge >= 0.3 is 0 Å². The molecule has 0 spiro atoms. The van der Waals surface area contributed by atoms with Crippen LogP contribution in [0.3, 0.4) is 0 Å². The summed E-state index contributed by atoms with van der Waals surface area (Å²) in [7, 11) is 3.20. The number of ether oxygens (including phenoxy) is 2. The Hall–Kier alpha value is -1.57. The number of thioether (sulfide) groups is 1. The van der Waals surface area contributed by atoms with Crippen LogP contribution in [0.15, 0.2) is 24.3 Å². The molecule has 7 heteroatoms. The summed E-state index contributed by atoms with van der Waals surface area (Å²) in [4.78, 5) is 30.3. The van der Waals surface area contributed by atoms with Gasteiger partial charge in [0.2, 0.25) is 11.8 Å². The van der Waals surface area contributed by atoms with Gasteiger partial charge in [0.1, 0.15) is 6.04 Å². The topological polar surface area (TPSA) is 59.1 Å². The van der Waals surface area contributed by atoms with Crippen molar-refractivity contribution in [2.45, 2.75) is 44.1 Å². The van der Waals surface area contributed by atoms with Gasteiger partial charge in [-0.3, -0.25) is 9.59 Å². The molecule has 0 N–H and O–H groups in total. The molecule has 2 saturated heterocycles. The van der Waals surface area contributed by atoms with E-state index in [9.17, 15) is 9.59 Å². The minimum Gasteiger partial charge on any atom is -0.354 e. The Morgan fingerprint density at radius 1 is 1.07 bits per heavy atom. The lowest BCUT2D eigenvalue weighted by Gasteiger charge is -2.34. The lowest BCUT2D eigenvalue weighted by molar-refractivity contribution is -0.160. The quantitative estimate of drug-likeness (QED) is 0.702. The lowest BCUT2D eigenvalue weighted by atomic mass is 10.0. The summed E-state index contributed by atoms with van der Waals surface area (Å²) in [6.07, 6.45) is 2.75. The second-order valence-electron chi connectivity index (χ2n) is 7.78. The average molecular weight is 405 g/mol. The van der Waals surface area contributed by atoms with E-state index in [2.05, 4.69) is 12.1 Å². The van der Waals surface area contributed by atoms with Crippen molar-refractivity contribution >= 4 is 23.6 Å². The standard InChI is InChI=1S/C21H28N2O4S/c1-26-21(27-2)18-12-28-13-23(18)20(25)17-8-5-9-22(17)19(24)16-10-14-6-3-4-7-15(14)11-16/h3-4,6-7,16-18,21H,5,8-13H2,1-2H3/t17-,18-/m0/s1. The van der Waals surface area contributed by atoms with Crippen LogP contribution in [0.5, 0.6) is 0 Å². The number of nitrogens with zero attached hydrogens (tertiary/aromatic N) is 2. The Morgan fingerprint density at radius 2 is 1.75 bits per heavy atom. The van der Waals surface area contributed by atoms with E-state index in [1.165, 1.54) is 11.1 Å². The summed E-state index contributed by atoms with van der Waals surface area (Å²) in [6, 6.07) is 7.81. The Morgan fingerprint density at radius 3 is 2.39 bits per heavy atom. The average Bonchev–Trinajstić information content (AvgIpc) is 3.46. The van der Waals surface area contributed by atoms with Crippen LogP contribution in [0.4, 0.5) is 0 Å². The van der Waals surface area contributed by atoms with E-state index in [4.69, 9.17) is 9.47 Å². The third-order valence-corrected chi connectivity index (χ3v) is 7.24. The third kappa shape index (κ3) is 3.55. The normalized spacial score (nSPS) is 25.0. The van der Waals surface area contributed by atoms with Crippen molar-refractivity contribution < 1.29 is 19.1 Å². The van der Waals surface area contributed by atoms with Crippen LogP contribution in [0.25, 0.3) is 0 Å². The molecule has 1 aliphatic carbocycles. The first-order valence-corrected chi connectivity index (χ1v) is 11.1. The van der Waals surface area contributed by atoms with Gasteiger partial charge in [0.25, 0.3) is 0 Å². The Balaban J connectivity index is 1.46. The van der Waals surface area contributed by atoms with E-state index in [1.54, 1.807) is 26.0 Å². The minimum atomic E-state index is -0.436. The van der Waals surface area contributed by atoms with E-state index in [0.29, 0.717) is 12.4 Å². The number of amides is 2. The van der Waals surface area contributed by atoms with Gasteiger partial charge in [0.05, 0.1) is 11.9 Å². The summed E-state index contributed by atoms with van der Waals surface area (Å²) in [6.45, 7) is 0.672. The van der Waals surface area contributed by atoms with Crippen LogP contribution < -0.4 is 0 Å². The smallest absolute Gasteiger partial charge is 0.246 e. The number of hydrogen-bond acceptors (Lipinski definition) is 5. The molecule has 152 valence electrons. The highest BCUT2D eigenvalue weighted by Crippen LogP contribution is 2.32. The summed E-state index contributed by atoms with van der Waals surface area (Å²) in [5.74, 6) is 1.54. The highest BCUT2D eigenvalue weighted by Gasteiger charge is 2.44.